The maximum atomic E-state index is 13.0. The average Bonchev–Trinajstić information content (AvgIpc) is 3.15. The minimum atomic E-state index is -0.164. The van der Waals surface area contributed by atoms with Crippen molar-refractivity contribution in [3.05, 3.63) is 77.1 Å². The summed E-state index contributed by atoms with van der Waals surface area (Å²) in [5.41, 5.74) is 4.99. The monoisotopic (exact) mass is 428 g/mol. The molecule has 2 heterocycles. The number of carbonyl (C=O) groups is 1. The largest absolute Gasteiger partial charge is 0.368 e. The molecule has 3 aromatic rings. The van der Waals surface area contributed by atoms with Gasteiger partial charge in [0.25, 0.3) is 5.91 Å². The minimum absolute atomic E-state index is 0.164. The first-order valence-corrected chi connectivity index (χ1v) is 10.9. The number of aromatic nitrogens is 2. The molecular formula is C25H28N6O. The highest BCUT2D eigenvalue weighted by molar-refractivity contribution is 6.08. The number of para-hydroxylation sites is 1. The number of piperazine rings is 1. The number of rotatable bonds is 6. The van der Waals surface area contributed by atoms with Gasteiger partial charge in [0.1, 0.15) is 0 Å². The minimum Gasteiger partial charge on any atom is -0.368 e. The van der Waals surface area contributed by atoms with Crippen molar-refractivity contribution < 1.29 is 4.79 Å². The first kappa shape index (κ1) is 21.6. The number of anilines is 2. The van der Waals surface area contributed by atoms with Crippen LogP contribution < -0.4 is 10.2 Å². The van der Waals surface area contributed by atoms with E-state index in [1.54, 1.807) is 24.3 Å². The van der Waals surface area contributed by atoms with E-state index in [0.717, 1.165) is 50.6 Å². The SMILES string of the molecule is Cc1cc(C)n(CCN2CCN(c3ccccc3C(=O)Nc3cccc(C#N)c3)CC2)n1. The van der Waals surface area contributed by atoms with Crippen LogP contribution in [0, 0.1) is 25.2 Å². The lowest BCUT2D eigenvalue weighted by Gasteiger charge is -2.36. The Kier molecular flexibility index (Phi) is 6.52. The normalized spacial score (nSPS) is 14.2. The molecule has 0 atom stereocenters. The second kappa shape index (κ2) is 9.67. The van der Waals surface area contributed by atoms with Crippen LogP contribution in [0.5, 0.6) is 0 Å². The van der Waals surface area contributed by atoms with Crippen molar-refractivity contribution >= 4 is 17.3 Å². The summed E-state index contributed by atoms with van der Waals surface area (Å²) in [6.07, 6.45) is 0. The van der Waals surface area contributed by atoms with Crippen LogP contribution in [0.25, 0.3) is 0 Å². The molecule has 7 nitrogen and oxygen atoms in total. The fourth-order valence-electron chi connectivity index (χ4n) is 4.16. The zero-order valence-corrected chi connectivity index (χ0v) is 18.6. The molecule has 7 heteroatoms. The van der Waals surface area contributed by atoms with Gasteiger partial charge in [0, 0.05) is 49.8 Å². The Hall–Kier alpha value is -3.63. The Balaban J connectivity index is 1.38. The number of benzene rings is 2. The van der Waals surface area contributed by atoms with E-state index in [2.05, 4.69) is 44.0 Å². The molecule has 0 aliphatic carbocycles. The van der Waals surface area contributed by atoms with E-state index in [1.807, 2.05) is 31.2 Å². The highest BCUT2D eigenvalue weighted by atomic mass is 16.1. The molecule has 0 spiro atoms. The van der Waals surface area contributed by atoms with Crippen molar-refractivity contribution in [2.24, 2.45) is 0 Å². The first-order chi connectivity index (χ1) is 15.5. The molecule has 1 fully saturated rings. The van der Waals surface area contributed by atoms with Gasteiger partial charge in [0.2, 0.25) is 0 Å². The summed E-state index contributed by atoms with van der Waals surface area (Å²) >= 11 is 0. The molecule has 0 unspecified atom stereocenters. The number of hydrogen-bond acceptors (Lipinski definition) is 5. The highest BCUT2D eigenvalue weighted by Gasteiger charge is 2.21. The molecule has 1 N–H and O–H groups in total. The number of amides is 1. The quantitative estimate of drug-likeness (QED) is 0.651. The molecule has 1 amide bonds. The Morgan fingerprint density at radius 1 is 1.03 bits per heavy atom. The maximum Gasteiger partial charge on any atom is 0.257 e. The summed E-state index contributed by atoms with van der Waals surface area (Å²) < 4.78 is 2.07. The number of aryl methyl sites for hydroxylation is 2. The van der Waals surface area contributed by atoms with Gasteiger partial charge in [0.15, 0.2) is 0 Å². The Labute approximate surface area is 188 Å². The number of carbonyl (C=O) groups excluding carboxylic acids is 1. The topological polar surface area (TPSA) is 77.2 Å². The molecular weight excluding hydrogens is 400 g/mol. The van der Waals surface area contributed by atoms with E-state index in [4.69, 9.17) is 5.26 Å². The van der Waals surface area contributed by atoms with Crippen LogP contribution >= 0.6 is 0 Å². The van der Waals surface area contributed by atoms with Gasteiger partial charge < -0.3 is 10.2 Å². The molecule has 0 radical (unpaired) electrons. The smallest absolute Gasteiger partial charge is 0.257 e. The van der Waals surface area contributed by atoms with Crippen LogP contribution in [-0.4, -0.2) is 53.3 Å². The second-order valence-corrected chi connectivity index (χ2v) is 8.14. The lowest BCUT2D eigenvalue weighted by molar-refractivity contribution is 0.102. The van der Waals surface area contributed by atoms with Gasteiger partial charge in [-0.05, 0) is 50.2 Å². The summed E-state index contributed by atoms with van der Waals surface area (Å²) in [7, 11) is 0. The van der Waals surface area contributed by atoms with E-state index in [1.165, 1.54) is 5.69 Å². The standard InChI is InChI=1S/C25H28N6O/c1-19-16-20(2)31(28-19)15-12-29-10-13-30(14-11-29)24-9-4-3-8-23(24)25(32)27-22-7-5-6-21(17-22)18-26/h3-9,16-17H,10-15H2,1-2H3,(H,27,32). The van der Waals surface area contributed by atoms with Crippen LogP contribution in [0.1, 0.15) is 27.3 Å². The molecule has 1 saturated heterocycles. The third-order valence-corrected chi connectivity index (χ3v) is 5.84. The van der Waals surface area contributed by atoms with Crippen molar-refractivity contribution in [3.63, 3.8) is 0 Å². The average molecular weight is 429 g/mol. The summed E-state index contributed by atoms with van der Waals surface area (Å²) in [6.45, 7) is 9.59. The highest BCUT2D eigenvalue weighted by Crippen LogP contribution is 2.23. The van der Waals surface area contributed by atoms with Crippen LogP contribution in [0.2, 0.25) is 0 Å². The van der Waals surface area contributed by atoms with Crippen LogP contribution in [0.4, 0.5) is 11.4 Å². The van der Waals surface area contributed by atoms with Crippen molar-refractivity contribution in [1.82, 2.24) is 14.7 Å². The van der Waals surface area contributed by atoms with Crippen LogP contribution in [0.15, 0.2) is 54.6 Å². The number of nitriles is 1. The molecule has 4 rings (SSSR count). The van der Waals surface area contributed by atoms with Gasteiger partial charge in [-0.3, -0.25) is 14.4 Å². The van der Waals surface area contributed by atoms with Crippen molar-refractivity contribution in [1.29, 1.82) is 5.26 Å². The summed E-state index contributed by atoms with van der Waals surface area (Å²) in [5.74, 6) is -0.164. The predicted molar refractivity (Wildman–Crippen MR) is 126 cm³/mol. The molecule has 1 aliphatic heterocycles. The molecule has 164 valence electrons. The van der Waals surface area contributed by atoms with E-state index in [-0.39, 0.29) is 5.91 Å². The third-order valence-electron chi connectivity index (χ3n) is 5.84. The fraction of sp³-hybridized carbons (Fsp3) is 0.320. The lowest BCUT2D eigenvalue weighted by atomic mass is 10.1. The second-order valence-electron chi connectivity index (χ2n) is 8.14. The van der Waals surface area contributed by atoms with Gasteiger partial charge in [-0.15, -0.1) is 0 Å². The Morgan fingerprint density at radius 3 is 2.53 bits per heavy atom. The molecule has 0 bridgehead atoms. The fourth-order valence-corrected chi connectivity index (χ4v) is 4.16. The molecule has 1 aliphatic rings. The van der Waals surface area contributed by atoms with Crippen molar-refractivity contribution in [3.8, 4) is 6.07 Å². The molecule has 0 saturated carbocycles. The summed E-state index contributed by atoms with van der Waals surface area (Å²) in [6, 6.07) is 18.9. The van der Waals surface area contributed by atoms with Crippen LogP contribution in [-0.2, 0) is 6.54 Å². The van der Waals surface area contributed by atoms with Gasteiger partial charge >= 0.3 is 0 Å². The Bertz CT molecular complexity index is 1140. The van der Waals surface area contributed by atoms with E-state index in [9.17, 15) is 4.79 Å². The molecule has 1 aromatic heterocycles. The number of hydrogen-bond donors (Lipinski definition) is 1. The van der Waals surface area contributed by atoms with Crippen LogP contribution in [0.3, 0.4) is 0 Å². The van der Waals surface area contributed by atoms with Gasteiger partial charge in [0.05, 0.1) is 29.4 Å². The first-order valence-electron chi connectivity index (χ1n) is 10.9. The van der Waals surface area contributed by atoms with E-state index >= 15 is 0 Å². The zero-order chi connectivity index (χ0) is 22.5. The van der Waals surface area contributed by atoms with Gasteiger partial charge in [-0.1, -0.05) is 18.2 Å². The molecule has 32 heavy (non-hydrogen) atoms. The lowest BCUT2D eigenvalue weighted by Crippen LogP contribution is -2.47. The number of nitrogens with zero attached hydrogens (tertiary/aromatic N) is 5. The maximum absolute atomic E-state index is 13.0. The third kappa shape index (κ3) is 4.98. The van der Waals surface area contributed by atoms with Gasteiger partial charge in [-0.2, -0.15) is 10.4 Å². The summed E-state index contributed by atoms with van der Waals surface area (Å²) in [5, 5.41) is 16.6. The zero-order valence-electron chi connectivity index (χ0n) is 18.6. The predicted octanol–water partition coefficient (Wildman–Crippen LogP) is 3.45. The number of nitrogens with one attached hydrogen (secondary N) is 1. The van der Waals surface area contributed by atoms with Gasteiger partial charge in [-0.25, -0.2) is 0 Å². The van der Waals surface area contributed by atoms with E-state index < -0.39 is 0 Å². The summed E-state index contributed by atoms with van der Waals surface area (Å²) in [4.78, 5) is 17.7. The van der Waals surface area contributed by atoms with Crippen molar-refractivity contribution in [2.45, 2.75) is 20.4 Å². The molecule has 2 aromatic carbocycles. The Morgan fingerprint density at radius 2 is 1.81 bits per heavy atom. The van der Waals surface area contributed by atoms with E-state index in [0.29, 0.717) is 16.8 Å². The van der Waals surface area contributed by atoms with Crippen molar-refractivity contribution in [2.75, 3.05) is 42.9 Å².